The first kappa shape index (κ1) is 11.7. The highest BCUT2D eigenvalue weighted by atomic mass is 16.5. The Labute approximate surface area is 111 Å². The third-order valence-electron chi connectivity index (χ3n) is 3.32. The normalized spacial score (nSPS) is 16.8. The smallest absolute Gasteiger partial charge is 0.128 e. The van der Waals surface area contributed by atoms with Crippen LogP contribution >= 0.6 is 0 Å². The quantitative estimate of drug-likeness (QED) is 0.724. The van der Waals surface area contributed by atoms with Crippen LogP contribution in [0, 0.1) is 6.92 Å². The maximum absolute atomic E-state index is 9.51. The molecule has 0 aromatic heterocycles. The lowest BCUT2D eigenvalue weighted by Crippen LogP contribution is -2.11. The van der Waals surface area contributed by atoms with Gasteiger partial charge in [-0.25, -0.2) is 0 Å². The van der Waals surface area contributed by atoms with Gasteiger partial charge in [0.25, 0.3) is 0 Å². The molecule has 1 atom stereocenters. The molecule has 1 heterocycles. The van der Waals surface area contributed by atoms with Gasteiger partial charge in [0.15, 0.2) is 0 Å². The highest BCUT2D eigenvalue weighted by molar-refractivity contribution is 5.54. The van der Waals surface area contributed by atoms with Crippen molar-refractivity contribution in [3.63, 3.8) is 0 Å². The predicted molar refractivity (Wildman–Crippen MR) is 72.8 cm³/mol. The summed E-state index contributed by atoms with van der Waals surface area (Å²) in [5.74, 6) is 1.21. The number of hydrogen-bond donors (Lipinski definition) is 3. The molecule has 0 amide bonds. The van der Waals surface area contributed by atoms with Crippen LogP contribution in [0.3, 0.4) is 0 Å². The summed E-state index contributed by atoms with van der Waals surface area (Å²) < 4.78 is 5.55. The number of aryl methyl sites for hydroxylation is 1. The molecule has 2 aromatic rings. The highest BCUT2D eigenvalue weighted by Gasteiger charge is 2.24. The fourth-order valence-electron chi connectivity index (χ4n) is 2.26. The topological polar surface area (TPSA) is 61.7 Å². The van der Waals surface area contributed by atoms with Gasteiger partial charge in [-0.2, -0.15) is 0 Å². The molecule has 3 N–H and O–H groups in total. The van der Waals surface area contributed by atoms with Gasteiger partial charge in [0.1, 0.15) is 23.9 Å². The number of aromatic hydroxyl groups is 2. The molecule has 0 aliphatic carbocycles. The Balaban J connectivity index is 1.84. The third-order valence-corrected chi connectivity index (χ3v) is 3.32. The Kier molecular flexibility index (Phi) is 2.71. The van der Waals surface area contributed by atoms with Crippen LogP contribution < -0.4 is 10.1 Å². The average Bonchev–Trinajstić information content (AvgIpc) is 2.76. The average molecular weight is 257 g/mol. The van der Waals surface area contributed by atoms with E-state index >= 15 is 0 Å². The first-order chi connectivity index (χ1) is 9.13. The van der Waals surface area contributed by atoms with Gasteiger partial charge in [-0.1, -0.05) is 0 Å². The van der Waals surface area contributed by atoms with Crippen molar-refractivity contribution in [2.24, 2.45) is 0 Å². The highest BCUT2D eigenvalue weighted by Crippen LogP contribution is 2.37. The molecule has 0 spiro atoms. The zero-order valence-electron chi connectivity index (χ0n) is 10.6. The maximum Gasteiger partial charge on any atom is 0.128 e. The van der Waals surface area contributed by atoms with Gasteiger partial charge in [-0.05, 0) is 42.8 Å². The molecule has 4 nitrogen and oxygen atoms in total. The molecule has 3 rings (SSSR count). The first-order valence-electron chi connectivity index (χ1n) is 6.15. The van der Waals surface area contributed by atoms with Gasteiger partial charge in [-0.15, -0.1) is 0 Å². The van der Waals surface area contributed by atoms with E-state index in [-0.39, 0.29) is 11.8 Å². The molecule has 2 aromatic carbocycles. The number of benzene rings is 2. The molecule has 4 heteroatoms. The molecule has 1 unspecified atom stereocenters. The molecule has 0 radical (unpaired) electrons. The molecule has 98 valence electrons. The lowest BCUT2D eigenvalue weighted by Gasteiger charge is -2.14. The number of hydrogen-bond acceptors (Lipinski definition) is 4. The van der Waals surface area contributed by atoms with Gasteiger partial charge >= 0.3 is 0 Å². The molecule has 1 aliphatic heterocycles. The molecule has 0 bridgehead atoms. The summed E-state index contributed by atoms with van der Waals surface area (Å²) in [6, 6.07) is 10.6. The first-order valence-corrected chi connectivity index (χ1v) is 6.15. The summed E-state index contributed by atoms with van der Waals surface area (Å²) in [5.41, 5.74) is 2.79. The van der Waals surface area contributed by atoms with Gasteiger partial charge < -0.3 is 20.3 Å². The van der Waals surface area contributed by atoms with E-state index in [0.29, 0.717) is 18.1 Å². The standard InChI is InChI=1S/C15H15NO3/c1-9-6-10(2-5-14(9)18)16-13-8-19-15-7-11(17)3-4-12(13)15/h2-7,13,16-18H,8H2,1H3. The molecule has 0 saturated heterocycles. The van der Waals surface area contributed by atoms with Crippen molar-refractivity contribution in [2.75, 3.05) is 11.9 Å². The van der Waals surface area contributed by atoms with Crippen LogP contribution in [0.25, 0.3) is 0 Å². The minimum atomic E-state index is 0.0551. The van der Waals surface area contributed by atoms with Crippen molar-refractivity contribution in [3.8, 4) is 17.2 Å². The van der Waals surface area contributed by atoms with Crippen molar-refractivity contribution in [2.45, 2.75) is 13.0 Å². The fourth-order valence-corrected chi connectivity index (χ4v) is 2.26. The van der Waals surface area contributed by atoms with E-state index in [4.69, 9.17) is 4.74 Å². The van der Waals surface area contributed by atoms with Gasteiger partial charge in [-0.3, -0.25) is 0 Å². The van der Waals surface area contributed by atoms with Crippen LogP contribution in [0.2, 0.25) is 0 Å². The lowest BCUT2D eigenvalue weighted by atomic mass is 10.1. The number of nitrogens with one attached hydrogen (secondary N) is 1. The second-order valence-corrected chi connectivity index (χ2v) is 4.73. The Morgan fingerprint density at radius 3 is 2.79 bits per heavy atom. The maximum atomic E-state index is 9.51. The predicted octanol–water partition coefficient (Wildman–Crippen LogP) is 2.95. The largest absolute Gasteiger partial charge is 0.508 e. The number of fused-ring (bicyclic) bond motifs is 1. The third kappa shape index (κ3) is 2.17. The van der Waals surface area contributed by atoms with Gasteiger partial charge in [0, 0.05) is 17.3 Å². The number of phenolic OH excluding ortho intramolecular Hbond substituents is 2. The van der Waals surface area contributed by atoms with Crippen molar-refractivity contribution in [1.29, 1.82) is 0 Å². The van der Waals surface area contributed by atoms with E-state index in [1.165, 1.54) is 0 Å². The van der Waals surface area contributed by atoms with E-state index in [9.17, 15) is 10.2 Å². The zero-order chi connectivity index (χ0) is 13.4. The lowest BCUT2D eigenvalue weighted by molar-refractivity contribution is 0.338. The molecule has 0 fully saturated rings. The van der Waals surface area contributed by atoms with Crippen molar-refractivity contribution < 1.29 is 14.9 Å². The second-order valence-electron chi connectivity index (χ2n) is 4.73. The monoisotopic (exact) mass is 257 g/mol. The van der Waals surface area contributed by atoms with Crippen molar-refractivity contribution in [1.82, 2.24) is 0 Å². The Morgan fingerprint density at radius 1 is 1.16 bits per heavy atom. The Hall–Kier alpha value is -2.36. The van der Waals surface area contributed by atoms with Crippen LogP contribution in [0.1, 0.15) is 17.2 Å². The van der Waals surface area contributed by atoms with E-state index in [0.717, 1.165) is 16.8 Å². The summed E-state index contributed by atoms with van der Waals surface area (Å²) in [6.07, 6.45) is 0. The molecule has 0 saturated carbocycles. The Morgan fingerprint density at radius 2 is 2.00 bits per heavy atom. The van der Waals surface area contributed by atoms with E-state index in [1.807, 2.05) is 25.1 Å². The molecule has 1 aliphatic rings. The summed E-state index contributed by atoms with van der Waals surface area (Å²) in [5, 5.41) is 22.3. The summed E-state index contributed by atoms with van der Waals surface area (Å²) >= 11 is 0. The molecular weight excluding hydrogens is 242 g/mol. The van der Waals surface area contributed by atoms with Gasteiger partial charge in [0.05, 0.1) is 6.04 Å². The minimum absolute atomic E-state index is 0.0551. The van der Waals surface area contributed by atoms with E-state index in [1.54, 1.807) is 18.2 Å². The number of ether oxygens (including phenoxy) is 1. The van der Waals surface area contributed by atoms with E-state index < -0.39 is 0 Å². The van der Waals surface area contributed by atoms with Crippen molar-refractivity contribution in [3.05, 3.63) is 47.5 Å². The summed E-state index contributed by atoms with van der Waals surface area (Å²) in [4.78, 5) is 0. The second kappa shape index (κ2) is 4.39. The number of anilines is 1. The molecule has 19 heavy (non-hydrogen) atoms. The van der Waals surface area contributed by atoms with E-state index in [2.05, 4.69) is 5.32 Å². The SMILES string of the molecule is Cc1cc(NC2COc3cc(O)ccc32)ccc1O. The van der Waals surface area contributed by atoms with Crippen LogP contribution in [0.15, 0.2) is 36.4 Å². The summed E-state index contributed by atoms with van der Waals surface area (Å²) in [7, 11) is 0. The Bertz CT molecular complexity index is 625. The number of phenols is 2. The number of rotatable bonds is 2. The van der Waals surface area contributed by atoms with Crippen molar-refractivity contribution >= 4 is 5.69 Å². The molecular formula is C15H15NO3. The van der Waals surface area contributed by atoms with Crippen LogP contribution in [0.4, 0.5) is 5.69 Å². The van der Waals surface area contributed by atoms with Crippen LogP contribution in [-0.2, 0) is 0 Å². The van der Waals surface area contributed by atoms with Gasteiger partial charge in [0.2, 0.25) is 0 Å². The van der Waals surface area contributed by atoms with Crippen LogP contribution in [0.5, 0.6) is 17.2 Å². The minimum Gasteiger partial charge on any atom is -0.508 e. The fraction of sp³-hybridized carbons (Fsp3) is 0.200. The summed E-state index contributed by atoms with van der Waals surface area (Å²) in [6.45, 7) is 2.39. The zero-order valence-corrected chi connectivity index (χ0v) is 10.6. The van der Waals surface area contributed by atoms with Crippen LogP contribution in [-0.4, -0.2) is 16.8 Å².